The maximum Gasteiger partial charge on any atom is 0.234 e. The summed E-state index contributed by atoms with van der Waals surface area (Å²) in [6.07, 6.45) is 3.64. The number of piperidine rings is 1. The lowest BCUT2D eigenvalue weighted by atomic mass is 10.0. The predicted octanol–water partition coefficient (Wildman–Crippen LogP) is 2.81. The fourth-order valence-corrected chi connectivity index (χ4v) is 2.78. The number of hydrogen-bond donors (Lipinski definition) is 2. The Balaban J connectivity index is 2.13. The standard InChI is InChI=1S/C16H27N5OS/c1-11(2)10-17-16(23)20-15-18-13(9-14(19-15)22-4)21-8-6-5-7-12(21)3/h9,11-12H,5-8,10H2,1-4H3,(H2,17,18,19,20,23). The molecule has 1 atom stereocenters. The van der Waals surface area contributed by atoms with Gasteiger partial charge in [-0.15, -0.1) is 0 Å². The first kappa shape index (κ1) is 17.7. The summed E-state index contributed by atoms with van der Waals surface area (Å²) in [4.78, 5) is 11.3. The maximum atomic E-state index is 5.32. The van der Waals surface area contributed by atoms with Crippen molar-refractivity contribution >= 4 is 29.1 Å². The Labute approximate surface area is 144 Å². The number of rotatable bonds is 5. The smallest absolute Gasteiger partial charge is 0.234 e. The van der Waals surface area contributed by atoms with Gasteiger partial charge >= 0.3 is 0 Å². The molecule has 1 aliphatic rings. The van der Waals surface area contributed by atoms with E-state index in [2.05, 4.69) is 46.3 Å². The van der Waals surface area contributed by atoms with Crippen molar-refractivity contribution in [1.29, 1.82) is 0 Å². The molecule has 2 rings (SSSR count). The summed E-state index contributed by atoms with van der Waals surface area (Å²) in [5.41, 5.74) is 0. The lowest BCUT2D eigenvalue weighted by Gasteiger charge is -2.34. The van der Waals surface area contributed by atoms with Gasteiger partial charge < -0.3 is 20.3 Å². The molecule has 0 radical (unpaired) electrons. The zero-order valence-electron chi connectivity index (χ0n) is 14.4. The Morgan fingerprint density at radius 1 is 1.43 bits per heavy atom. The van der Waals surface area contributed by atoms with Gasteiger partial charge in [-0.25, -0.2) is 0 Å². The summed E-state index contributed by atoms with van der Waals surface area (Å²) in [6, 6.07) is 2.36. The number of anilines is 2. The van der Waals surface area contributed by atoms with Crippen molar-refractivity contribution in [3.8, 4) is 5.88 Å². The average Bonchev–Trinajstić information content (AvgIpc) is 2.53. The van der Waals surface area contributed by atoms with E-state index in [4.69, 9.17) is 17.0 Å². The SMILES string of the molecule is COc1cc(N2CCCCC2C)nc(NC(=S)NCC(C)C)n1. The minimum atomic E-state index is 0.471. The van der Waals surface area contributed by atoms with Crippen molar-refractivity contribution < 1.29 is 4.74 Å². The highest BCUT2D eigenvalue weighted by Gasteiger charge is 2.21. The Morgan fingerprint density at radius 2 is 2.22 bits per heavy atom. The quantitative estimate of drug-likeness (QED) is 0.801. The lowest BCUT2D eigenvalue weighted by molar-refractivity contribution is 0.396. The third-order valence-corrected chi connectivity index (χ3v) is 4.14. The number of nitrogens with zero attached hydrogens (tertiary/aromatic N) is 3. The number of hydrogen-bond acceptors (Lipinski definition) is 5. The van der Waals surface area contributed by atoms with Crippen LogP contribution < -0.4 is 20.3 Å². The molecule has 0 bridgehead atoms. The first-order valence-corrected chi connectivity index (χ1v) is 8.65. The second-order valence-electron chi connectivity index (χ2n) is 6.36. The highest BCUT2D eigenvalue weighted by atomic mass is 32.1. The van der Waals surface area contributed by atoms with Crippen LogP contribution in [0.5, 0.6) is 5.88 Å². The van der Waals surface area contributed by atoms with E-state index in [1.807, 2.05) is 6.07 Å². The molecule has 2 N–H and O–H groups in total. The molecule has 0 aromatic carbocycles. The summed E-state index contributed by atoms with van der Waals surface area (Å²) in [5, 5.41) is 6.75. The van der Waals surface area contributed by atoms with Crippen LogP contribution in [0.25, 0.3) is 0 Å². The van der Waals surface area contributed by atoms with Gasteiger partial charge in [0.05, 0.1) is 7.11 Å². The molecule has 1 fully saturated rings. The van der Waals surface area contributed by atoms with Gasteiger partial charge in [0.2, 0.25) is 11.8 Å². The van der Waals surface area contributed by atoms with Crippen LogP contribution in [-0.4, -0.2) is 41.3 Å². The molecule has 0 saturated carbocycles. The first-order valence-electron chi connectivity index (χ1n) is 8.24. The van der Waals surface area contributed by atoms with Gasteiger partial charge in [-0.05, 0) is 44.3 Å². The number of aromatic nitrogens is 2. The number of nitrogens with one attached hydrogen (secondary N) is 2. The Kier molecular flexibility index (Phi) is 6.38. The molecule has 128 valence electrons. The van der Waals surface area contributed by atoms with E-state index in [1.165, 1.54) is 19.3 Å². The van der Waals surface area contributed by atoms with Crippen LogP contribution in [-0.2, 0) is 0 Å². The monoisotopic (exact) mass is 337 g/mol. The summed E-state index contributed by atoms with van der Waals surface area (Å²) < 4.78 is 5.32. The summed E-state index contributed by atoms with van der Waals surface area (Å²) in [5.74, 6) is 2.42. The molecule has 0 amide bonds. The van der Waals surface area contributed by atoms with Crippen molar-refractivity contribution in [2.24, 2.45) is 5.92 Å². The predicted molar refractivity (Wildman–Crippen MR) is 98.3 cm³/mol. The fourth-order valence-electron chi connectivity index (χ4n) is 2.60. The van der Waals surface area contributed by atoms with E-state index in [0.717, 1.165) is 18.9 Å². The third-order valence-electron chi connectivity index (χ3n) is 3.89. The van der Waals surface area contributed by atoms with Crippen LogP contribution >= 0.6 is 12.2 Å². The summed E-state index contributed by atoms with van der Waals surface area (Å²) >= 11 is 5.30. The Morgan fingerprint density at radius 3 is 2.87 bits per heavy atom. The summed E-state index contributed by atoms with van der Waals surface area (Å²) in [7, 11) is 1.62. The molecular formula is C16H27N5OS. The Hall–Kier alpha value is -1.63. The molecule has 0 spiro atoms. The number of methoxy groups -OCH3 is 1. The molecular weight excluding hydrogens is 310 g/mol. The van der Waals surface area contributed by atoms with Crippen LogP contribution in [0.2, 0.25) is 0 Å². The first-order chi connectivity index (χ1) is 11.0. The second-order valence-corrected chi connectivity index (χ2v) is 6.77. The largest absolute Gasteiger partial charge is 0.481 e. The number of thiocarbonyl (C=S) groups is 1. The van der Waals surface area contributed by atoms with Crippen LogP contribution in [0.15, 0.2) is 6.07 Å². The van der Waals surface area contributed by atoms with Gasteiger partial charge in [0.1, 0.15) is 5.82 Å². The van der Waals surface area contributed by atoms with E-state index < -0.39 is 0 Å². The van der Waals surface area contributed by atoms with Crippen molar-refractivity contribution in [3.63, 3.8) is 0 Å². The fraction of sp³-hybridized carbons (Fsp3) is 0.688. The third kappa shape index (κ3) is 5.20. The van der Waals surface area contributed by atoms with Gasteiger partial charge in [0.15, 0.2) is 5.11 Å². The van der Waals surface area contributed by atoms with E-state index in [1.54, 1.807) is 7.11 Å². The van der Waals surface area contributed by atoms with Gasteiger partial charge in [-0.3, -0.25) is 0 Å². The highest BCUT2D eigenvalue weighted by Crippen LogP contribution is 2.26. The van der Waals surface area contributed by atoms with Gasteiger partial charge in [0.25, 0.3) is 0 Å². The molecule has 1 saturated heterocycles. The van der Waals surface area contributed by atoms with E-state index in [-0.39, 0.29) is 0 Å². The van der Waals surface area contributed by atoms with Gasteiger partial charge in [0, 0.05) is 25.2 Å². The topological polar surface area (TPSA) is 62.3 Å². The van der Waals surface area contributed by atoms with Gasteiger partial charge in [-0.2, -0.15) is 9.97 Å². The van der Waals surface area contributed by atoms with E-state index in [0.29, 0.717) is 28.9 Å². The van der Waals surface area contributed by atoms with Crippen molar-refractivity contribution in [1.82, 2.24) is 15.3 Å². The normalized spacial score (nSPS) is 18.0. The van der Waals surface area contributed by atoms with Crippen molar-refractivity contribution in [3.05, 3.63) is 6.07 Å². The minimum Gasteiger partial charge on any atom is -0.481 e. The van der Waals surface area contributed by atoms with Crippen LogP contribution in [0.4, 0.5) is 11.8 Å². The highest BCUT2D eigenvalue weighted by molar-refractivity contribution is 7.80. The van der Waals surface area contributed by atoms with Crippen LogP contribution in [0.1, 0.15) is 40.0 Å². The van der Waals surface area contributed by atoms with E-state index >= 15 is 0 Å². The second kappa shape index (κ2) is 8.29. The maximum absolute atomic E-state index is 5.32. The zero-order chi connectivity index (χ0) is 16.8. The summed E-state index contributed by atoms with van der Waals surface area (Å²) in [6.45, 7) is 8.32. The molecule has 23 heavy (non-hydrogen) atoms. The van der Waals surface area contributed by atoms with E-state index in [9.17, 15) is 0 Å². The van der Waals surface area contributed by atoms with Crippen LogP contribution in [0, 0.1) is 5.92 Å². The zero-order valence-corrected chi connectivity index (χ0v) is 15.2. The molecule has 1 aromatic heterocycles. The molecule has 0 aliphatic carbocycles. The van der Waals surface area contributed by atoms with Crippen molar-refractivity contribution in [2.75, 3.05) is 30.4 Å². The van der Waals surface area contributed by atoms with Crippen LogP contribution in [0.3, 0.4) is 0 Å². The molecule has 1 aromatic rings. The molecule has 2 heterocycles. The number of ether oxygens (including phenoxy) is 1. The Bertz CT molecular complexity index is 537. The molecule has 6 nitrogen and oxygen atoms in total. The molecule has 7 heteroatoms. The molecule has 1 unspecified atom stereocenters. The van der Waals surface area contributed by atoms with Gasteiger partial charge in [-0.1, -0.05) is 13.8 Å². The average molecular weight is 337 g/mol. The minimum absolute atomic E-state index is 0.471. The lowest BCUT2D eigenvalue weighted by Crippen LogP contribution is -2.38. The molecule has 1 aliphatic heterocycles. The van der Waals surface area contributed by atoms with Crippen molar-refractivity contribution in [2.45, 2.75) is 46.1 Å².